The van der Waals surface area contributed by atoms with E-state index in [-0.39, 0.29) is 11.9 Å². The lowest BCUT2D eigenvalue weighted by atomic mass is 9.97. The SMILES string of the molecule is CC[C@@H](NC(=O)c1cnc(-c2cccnc2)nc1)c1ccc(C)cc1C. The molecule has 0 bridgehead atoms. The van der Waals surface area contributed by atoms with Crippen LogP contribution >= 0.6 is 0 Å². The summed E-state index contributed by atoms with van der Waals surface area (Å²) in [5.41, 5.74) is 4.80. The van der Waals surface area contributed by atoms with Gasteiger partial charge in [0.2, 0.25) is 0 Å². The summed E-state index contributed by atoms with van der Waals surface area (Å²) in [6.45, 7) is 6.20. The van der Waals surface area contributed by atoms with E-state index in [4.69, 9.17) is 0 Å². The van der Waals surface area contributed by atoms with Crippen LogP contribution in [0.4, 0.5) is 0 Å². The maximum Gasteiger partial charge on any atom is 0.254 e. The van der Waals surface area contributed by atoms with Crippen molar-refractivity contribution in [1.29, 1.82) is 0 Å². The fraction of sp³-hybridized carbons (Fsp3) is 0.238. The summed E-state index contributed by atoms with van der Waals surface area (Å²) in [6, 6.07) is 9.96. The van der Waals surface area contributed by atoms with Crippen LogP contribution in [-0.2, 0) is 0 Å². The van der Waals surface area contributed by atoms with Crippen molar-refractivity contribution in [3.05, 3.63) is 77.4 Å². The first-order chi connectivity index (χ1) is 12.6. The average molecular weight is 346 g/mol. The first kappa shape index (κ1) is 17.7. The molecule has 1 aromatic carbocycles. The first-order valence-electron chi connectivity index (χ1n) is 8.69. The maximum absolute atomic E-state index is 12.6. The molecule has 0 saturated carbocycles. The number of pyridine rings is 1. The number of amides is 1. The van der Waals surface area contributed by atoms with Crippen LogP contribution in [0.3, 0.4) is 0 Å². The van der Waals surface area contributed by atoms with Gasteiger partial charge in [-0.05, 0) is 43.5 Å². The molecule has 1 N–H and O–H groups in total. The van der Waals surface area contributed by atoms with Gasteiger partial charge in [-0.3, -0.25) is 9.78 Å². The molecule has 3 aromatic rings. The van der Waals surface area contributed by atoms with Gasteiger partial charge in [-0.1, -0.05) is 30.7 Å². The predicted octanol–water partition coefficient (Wildman–Crippen LogP) is 4.04. The molecule has 2 aromatic heterocycles. The minimum absolute atomic E-state index is 0.0406. The zero-order valence-corrected chi connectivity index (χ0v) is 15.2. The number of carbonyl (C=O) groups excluding carboxylic acids is 1. The van der Waals surface area contributed by atoms with Gasteiger partial charge in [-0.25, -0.2) is 9.97 Å². The highest BCUT2D eigenvalue weighted by atomic mass is 16.1. The minimum Gasteiger partial charge on any atom is -0.345 e. The molecule has 1 amide bonds. The Kier molecular flexibility index (Phi) is 5.37. The second-order valence-electron chi connectivity index (χ2n) is 6.33. The number of nitrogens with zero attached hydrogens (tertiary/aromatic N) is 3. The van der Waals surface area contributed by atoms with E-state index >= 15 is 0 Å². The molecule has 0 fully saturated rings. The highest BCUT2D eigenvalue weighted by Gasteiger charge is 2.16. The number of aryl methyl sites for hydroxylation is 2. The third-order valence-corrected chi connectivity index (χ3v) is 4.35. The monoisotopic (exact) mass is 346 g/mol. The van der Waals surface area contributed by atoms with E-state index in [0.717, 1.165) is 17.5 Å². The Bertz CT molecular complexity index is 892. The van der Waals surface area contributed by atoms with Gasteiger partial charge in [0.05, 0.1) is 11.6 Å². The molecule has 5 nitrogen and oxygen atoms in total. The summed E-state index contributed by atoms with van der Waals surface area (Å²) in [6.07, 6.45) is 7.31. The fourth-order valence-corrected chi connectivity index (χ4v) is 2.95. The van der Waals surface area contributed by atoms with Gasteiger partial charge in [0.15, 0.2) is 5.82 Å². The van der Waals surface area contributed by atoms with Crippen LogP contribution in [0.25, 0.3) is 11.4 Å². The maximum atomic E-state index is 12.6. The highest BCUT2D eigenvalue weighted by Crippen LogP contribution is 2.22. The molecular formula is C21H22N4O. The summed E-state index contributed by atoms with van der Waals surface area (Å²) in [5, 5.41) is 3.09. The normalized spacial score (nSPS) is 11.8. The third-order valence-electron chi connectivity index (χ3n) is 4.35. The van der Waals surface area contributed by atoms with Gasteiger partial charge in [-0.15, -0.1) is 0 Å². The van der Waals surface area contributed by atoms with Gasteiger partial charge in [-0.2, -0.15) is 0 Å². The molecular weight excluding hydrogens is 324 g/mol. The van der Waals surface area contributed by atoms with E-state index in [1.165, 1.54) is 11.1 Å². The Morgan fingerprint density at radius 3 is 2.50 bits per heavy atom. The Hall–Kier alpha value is -3.08. The van der Waals surface area contributed by atoms with Crippen molar-refractivity contribution in [2.45, 2.75) is 33.2 Å². The van der Waals surface area contributed by atoms with Crippen molar-refractivity contribution in [2.75, 3.05) is 0 Å². The standard InChI is InChI=1S/C21H22N4O/c1-4-19(18-8-7-14(2)10-15(18)3)25-21(26)17-12-23-20(24-13-17)16-6-5-9-22-11-16/h5-13,19H,4H2,1-3H3,(H,25,26)/t19-/m1/s1. The van der Waals surface area contributed by atoms with Crippen LogP contribution in [0, 0.1) is 13.8 Å². The summed E-state index contributed by atoms with van der Waals surface area (Å²) in [5.74, 6) is 0.380. The largest absolute Gasteiger partial charge is 0.345 e. The lowest BCUT2D eigenvalue weighted by Gasteiger charge is -2.20. The number of hydrogen-bond donors (Lipinski definition) is 1. The molecule has 1 atom stereocenters. The number of benzene rings is 1. The summed E-state index contributed by atoms with van der Waals surface area (Å²) >= 11 is 0. The number of hydrogen-bond acceptors (Lipinski definition) is 4. The molecule has 0 aliphatic rings. The quantitative estimate of drug-likeness (QED) is 0.757. The van der Waals surface area contributed by atoms with Gasteiger partial charge < -0.3 is 5.32 Å². The number of rotatable bonds is 5. The summed E-state index contributed by atoms with van der Waals surface area (Å²) in [7, 11) is 0. The van der Waals surface area contributed by atoms with Crippen molar-refractivity contribution in [3.63, 3.8) is 0 Å². The molecule has 132 valence electrons. The molecule has 3 rings (SSSR count). The molecule has 0 aliphatic carbocycles. The third kappa shape index (κ3) is 3.94. The number of carbonyl (C=O) groups is 1. The second-order valence-corrected chi connectivity index (χ2v) is 6.33. The van der Waals surface area contributed by atoms with Crippen LogP contribution in [0.1, 0.15) is 46.4 Å². The van der Waals surface area contributed by atoms with E-state index < -0.39 is 0 Å². The Labute approximate surface area is 153 Å². The smallest absolute Gasteiger partial charge is 0.254 e. The lowest BCUT2D eigenvalue weighted by molar-refractivity contribution is 0.0935. The van der Waals surface area contributed by atoms with E-state index in [1.54, 1.807) is 24.8 Å². The van der Waals surface area contributed by atoms with Crippen molar-refractivity contribution < 1.29 is 4.79 Å². The van der Waals surface area contributed by atoms with E-state index in [9.17, 15) is 4.79 Å². The van der Waals surface area contributed by atoms with Crippen LogP contribution in [0.2, 0.25) is 0 Å². The van der Waals surface area contributed by atoms with Crippen LogP contribution in [0.15, 0.2) is 55.1 Å². The molecule has 2 heterocycles. The molecule has 0 unspecified atom stereocenters. The molecule has 0 spiro atoms. The zero-order valence-electron chi connectivity index (χ0n) is 15.2. The Morgan fingerprint density at radius 2 is 1.88 bits per heavy atom. The van der Waals surface area contributed by atoms with Crippen molar-refractivity contribution in [1.82, 2.24) is 20.3 Å². The van der Waals surface area contributed by atoms with Crippen LogP contribution in [-0.4, -0.2) is 20.9 Å². The highest BCUT2D eigenvalue weighted by molar-refractivity contribution is 5.94. The van der Waals surface area contributed by atoms with Crippen molar-refractivity contribution in [2.24, 2.45) is 0 Å². The molecule has 0 aliphatic heterocycles. The molecule has 0 radical (unpaired) electrons. The zero-order chi connectivity index (χ0) is 18.5. The number of nitrogens with one attached hydrogen (secondary N) is 1. The summed E-state index contributed by atoms with van der Waals surface area (Å²) in [4.78, 5) is 25.3. The molecule has 0 saturated heterocycles. The lowest BCUT2D eigenvalue weighted by Crippen LogP contribution is -2.28. The Morgan fingerprint density at radius 1 is 1.12 bits per heavy atom. The van der Waals surface area contributed by atoms with Crippen molar-refractivity contribution >= 4 is 5.91 Å². The molecule has 5 heteroatoms. The van der Waals surface area contributed by atoms with Gasteiger partial charge in [0.1, 0.15) is 0 Å². The average Bonchev–Trinajstić information content (AvgIpc) is 2.67. The second kappa shape index (κ2) is 7.87. The summed E-state index contributed by atoms with van der Waals surface area (Å²) < 4.78 is 0. The van der Waals surface area contributed by atoms with E-state index in [2.05, 4.69) is 59.2 Å². The number of aromatic nitrogens is 3. The van der Waals surface area contributed by atoms with E-state index in [1.807, 2.05) is 12.1 Å². The van der Waals surface area contributed by atoms with Gasteiger partial charge in [0.25, 0.3) is 5.91 Å². The topological polar surface area (TPSA) is 67.8 Å². The van der Waals surface area contributed by atoms with Crippen LogP contribution in [0.5, 0.6) is 0 Å². The Balaban J connectivity index is 1.76. The predicted molar refractivity (Wildman–Crippen MR) is 102 cm³/mol. The van der Waals surface area contributed by atoms with Crippen LogP contribution < -0.4 is 5.32 Å². The fourth-order valence-electron chi connectivity index (χ4n) is 2.95. The van der Waals surface area contributed by atoms with E-state index in [0.29, 0.717) is 11.4 Å². The first-order valence-corrected chi connectivity index (χ1v) is 8.69. The van der Waals surface area contributed by atoms with Gasteiger partial charge in [0, 0.05) is 30.4 Å². The minimum atomic E-state index is -0.172. The molecule has 26 heavy (non-hydrogen) atoms. The van der Waals surface area contributed by atoms with Crippen molar-refractivity contribution in [3.8, 4) is 11.4 Å². The van der Waals surface area contributed by atoms with Gasteiger partial charge >= 0.3 is 0 Å².